The number of halogens is 2. The third kappa shape index (κ3) is 4.53. The summed E-state index contributed by atoms with van der Waals surface area (Å²) in [7, 11) is 0. The van der Waals surface area contributed by atoms with E-state index in [0.29, 0.717) is 22.3 Å². The molecule has 2 N–H and O–H groups in total. The smallest absolute Gasteiger partial charge is 0.411 e. The van der Waals surface area contributed by atoms with E-state index in [0.717, 1.165) is 66.6 Å². The number of anilines is 2. The summed E-state index contributed by atoms with van der Waals surface area (Å²) in [5, 5.41) is 13.3. The second-order valence-corrected chi connectivity index (χ2v) is 9.38. The summed E-state index contributed by atoms with van der Waals surface area (Å²) in [5.74, 6) is 0. The van der Waals surface area contributed by atoms with E-state index in [2.05, 4.69) is 20.9 Å². The molecule has 0 bridgehead atoms. The fraction of sp³-hybridized carbons (Fsp3) is 0.269. The Morgan fingerprint density at radius 3 is 2.50 bits per heavy atom. The summed E-state index contributed by atoms with van der Waals surface area (Å²) in [6.45, 7) is 4.81. The van der Waals surface area contributed by atoms with Crippen molar-refractivity contribution in [2.24, 2.45) is 0 Å². The first-order chi connectivity index (χ1) is 16.5. The SMILES string of the molecule is O=C(O)N(CCCN1CCN(c2cccc(Cl)c2Cl)CC1)c1ccc2c(c1)[nH]c1ccccc12. The zero-order valence-electron chi connectivity index (χ0n) is 18.7. The molecule has 1 fully saturated rings. The number of amides is 1. The van der Waals surface area contributed by atoms with Gasteiger partial charge >= 0.3 is 6.09 Å². The number of para-hydroxylation sites is 1. The Balaban J connectivity index is 1.20. The summed E-state index contributed by atoms with van der Waals surface area (Å²) in [5.41, 5.74) is 3.65. The molecule has 5 rings (SSSR count). The highest BCUT2D eigenvalue weighted by atomic mass is 35.5. The number of nitrogens with one attached hydrogen (secondary N) is 1. The molecular weight excluding hydrogens is 471 g/mol. The Morgan fingerprint density at radius 1 is 0.941 bits per heavy atom. The molecule has 2 heterocycles. The summed E-state index contributed by atoms with van der Waals surface area (Å²) >= 11 is 12.5. The highest BCUT2D eigenvalue weighted by Gasteiger charge is 2.21. The van der Waals surface area contributed by atoms with Gasteiger partial charge in [0, 0.05) is 60.2 Å². The predicted octanol–water partition coefficient (Wildman–Crippen LogP) is 6.32. The molecule has 176 valence electrons. The standard InChI is InChI=1S/C26H26Cl2N4O2/c27-21-6-3-8-24(25(21)28)31-15-13-30(14-16-31)11-4-12-32(26(33)34)18-9-10-20-19-5-1-2-7-22(19)29-23(20)17-18/h1-3,5-10,17,29H,4,11-16H2,(H,33,34). The number of hydrogen-bond acceptors (Lipinski definition) is 3. The molecule has 34 heavy (non-hydrogen) atoms. The Morgan fingerprint density at radius 2 is 1.71 bits per heavy atom. The van der Waals surface area contributed by atoms with Crippen LogP contribution in [0.15, 0.2) is 60.7 Å². The summed E-state index contributed by atoms with van der Waals surface area (Å²) in [4.78, 5) is 21.5. The number of piperazine rings is 1. The van der Waals surface area contributed by atoms with E-state index >= 15 is 0 Å². The average Bonchev–Trinajstić information content (AvgIpc) is 3.21. The molecule has 0 aliphatic carbocycles. The number of aromatic nitrogens is 1. The van der Waals surface area contributed by atoms with Gasteiger partial charge in [-0.1, -0.05) is 53.5 Å². The lowest BCUT2D eigenvalue weighted by molar-refractivity contribution is 0.200. The minimum absolute atomic E-state index is 0.446. The van der Waals surface area contributed by atoms with Gasteiger partial charge in [-0.2, -0.15) is 0 Å². The van der Waals surface area contributed by atoms with Crippen LogP contribution in [0.2, 0.25) is 10.0 Å². The Kier molecular flexibility index (Phi) is 6.55. The number of carboxylic acid groups (broad SMARTS) is 1. The molecule has 1 amide bonds. The van der Waals surface area contributed by atoms with E-state index in [1.165, 1.54) is 4.90 Å². The topological polar surface area (TPSA) is 62.8 Å². The number of nitrogens with zero attached hydrogens (tertiary/aromatic N) is 3. The number of hydrogen-bond donors (Lipinski definition) is 2. The van der Waals surface area contributed by atoms with Crippen molar-refractivity contribution >= 4 is 62.5 Å². The molecule has 3 aromatic carbocycles. The highest BCUT2D eigenvalue weighted by molar-refractivity contribution is 6.43. The van der Waals surface area contributed by atoms with Crippen molar-refractivity contribution in [3.8, 4) is 0 Å². The van der Waals surface area contributed by atoms with Gasteiger partial charge in [0.05, 0.1) is 15.7 Å². The predicted molar refractivity (Wildman–Crippen MR) is 141 cm³/mol. The highest BCUT2D eigenvalue weighted by Crippen LogP contribution is 2.33. The van der Waals surface area contributed by atoms with Gasteiger partial charge in [0.25, 0.3) is 0 Å². The summed E-state index contributed by atoms with van der Waals surface area (Å²) in [6.07, 6.45) is -0.175. The number of H-pyrrole nitrogens is 1. The van der Waals surface area contributed by atoms with Crippen molar-refractivity contribution < 1.29 is 9.90 Å². The van der Waals surface area contributed by atoms with Crippen LogP contribution in [-0.2, 0) is 0 Å². The van der Waals surface area contributed by atoms with Gasteiger partial charge in [0.15, 0.2) is 0 Å². The van der Waals surface area contributed by atoms with Crippen LogP contribution in [0.4, 0.5) is 16.2 Å². The lowest BCUT2D eigenvalue weighted by Gasteiger charge is -2.36. The molecule has 0 unspecified atom stereocenters. The minimum atomic E-state index is -0.934. The van der Waals surface area contributed by atoms with Crippen molar-refractivity contribution in [3.05, 3.63) is 70.7 Å². The van der Waals surface area contributed by atoms with Crippen molar-refractivity contribution in [1.29, 1.82) is 0 Å². The van der Waals surface area contributed by atoms with Gasteiger partial charge in [0.1, 0.15) is 0 Å². The van der Waals surface area contributed by atoms with Crippen molar-refractivity contribution in [1.82, 2.24) is 9.88 Å². The van der Waals surface area contributed by atoms with E-state index < -0.39 is 6.09 Å². The van der Waals surface area contributed by atoms with Crippen molar-refractivity contribution in [3.63, 3.8) is 0 Å². The largest absolute Gasteiger partial charge is 0.465 e. The number of fused-ring (bicyclic) bond motifs is 3. The number of benzene rings is 3. The monoisotopic (exact) mass is 496 g/mol. The van der Waals surface area contributed by atoms with Crippen LogP contribution in [0.5, 0.6) is 0 Å². The van der Waals surface area contributed by atoms with Crippen molar-refractivity contribution in [2.75, 3.05) is 49.1 Å². The molecule has 1 aromatic heterocycles. The first-order valence-electron chi connectivity index (χ1n) is 11.4. The molecule has 4 aromatic rings. The molecule has 0 atom stereocenters. The van der Waals surface area contributed by atoms with E-state index in [1.54, 1.807) is 6.07 Å². The molecule has 0 radical (unpaired) electrons. The van der Waals surface area contributed by atoms with E-state index in [-0.39, 0.29) is 0 Å². The van der Waals surface area contributed by atoms with Crippen LogP contribution in [0.3, 0.4) is 0 Å². The molecular formula is C26H26Cl2N4O2. The lowest BCUT2D eigenvalue weighted by Crippen LogP contribution is -2.47. The molecule has 6 nitrogen and oxygen atoms in total. The molecule has 0 spiro atoms. The van der Waals surface area contributed by atoms with Gasteiger partial charge < -0.3 is 15.0 Å². The first kappa shape index (κ1) is 22.8. The molecule has 1 aliphatic heterocycles. The van der Waals surface area contributed by atoms with Gasteiger partial charge in [-0.15, -0.1) is 0 Å². The molecule has 8 heteroatoms. The van der Waals surface area contributed by atoms with Crippen LogP contribution in [0.1, 0.15) is 6.42 Å². The average molecular weight is 497 g/mol. The quantitative estimate of drug-likeness (QED) is 0.327. The minimum Gasteiger partial charge on any atom is -0.465 e. The van der Waals surface area contributed by atoms with E-state index in [1.807, 2.05) is 48.5 Å². The maximum atomic E-state index is 12.0. The molecule has 0 saturated carbocycles. The fourth-order valence-corrected chi connectivity index (χ4v) is 5.16. The second-order valence-electron chi connectivity index (χ2n) is 8.59. The van der Waals surface area contributed by atoms with Crippen molar-refractivity contribution in [2.45, 2.75) is 6.42 Å². The van der Waals surface area contributed by atoms with Gasteiger partial charge in [-0.25, -0.2) is 4.79 Å². The lowest BCUT2D eigenvalue weighted by atomic mass is 10.1. The summed E-state index contributed by atoms with van der Waals surface area (Å²) in [6, 6.07) is 19.6. The zero-order chi connectivity index (χ0) is 23.7. The summed E-state index contributed by atoms with van der Waals surface area (Å²) < 4.78 is 0. The molecule has 1 aliphatic rings. The zero-order valence-corrected chi connectivity index (χ0v) is 20.2. The number of rotatable bonds is 6. The fourth-order valence-electron chi connectivity index (χ4n) is 4.75. The Bertz CT molecular complexity index is 1330. The Labute approximate surface area is 208 Å². The Hall–Kier alpha value is -2.93. The van der Waals surface area contributed by atoms with E-state index in [9.17, 15) is 9.90 Å². The maximum absolute atomic E-state index is 12.0. The van der Waals surface area contributed by atoms with Crippen LogP contribution in [0.25, 0.3) is 21.8 Å². The van der Waals surface area contributed by atoms with Gasteiger partial charge in [-0.3, -0.25) is 9.80 Å². The number of aromatic amines is 1. The maximum Gasteiger partial charge on any atom is 0.411 e. The van der Waals surface area contributed by atoms with Crippen LogP contribution in [-0.4, -0.2) is 60.4 Å². The molecule has 1 saturated heterocycles. The normalized spacial score (nSPS) is 14.7. The van der Waals surface area contributed by atoms with Gasteiger partial charge in [0.2, 0.25) is 0 Å². The van der Waals surface area contributed by atoms with E-state index in [4.69, 9.17) is 23.2 Å². The first-order valence-corrected chi connectivity index (χ1v) is 12.2. The third-order valence-electron chi connectivity index (χ3n) is 6.53. The van der Waals surface area contributed by atoms with Crippen LogP contribution < -0.4 is 9.80 Å². The number of carbonyl (C=O) groups is 1. The van der Waals surface area contributed by atoms with Gasteiger partial charge in [-0.05, 0) is 43.3 Å². The third-order valence-corrected chi connectivity index (χ3v) is 7.34. The van der Waals surface area contributed by atoms with Crippen LogP contribution >= 0.6 is 23.2 Å². The van der Waals surface area contributed by atoms with Crippen LogP contribution in [0, 0.1) is 0 Å². The second kappa shape index (κ2) is 9.74.